The number of nitro groups is 1. The largest absolute Gasteiger partial charge is 0.435 e. The van der Waals surface area contributed by atoms with Crippen LogP contribution in [0, 0.1) is 10.1 Å². The molecule has 12 heteroatoms. The molecule has 11 nitrogen and oxygen atoms in total. The Balaban J connectivity index is 1.60. The maximum atomic E-state index is 12.4. The van der Waals surface area contributed by atoms with E-state index in [0.717, 1.165) is 31.7 Å². The minimum Gasteiger partial charge on any atom is -0.390 e. The van der Waals surface area contributed by atoms with E-state index in [9.17, 15) is 23.3 Å². The number of amides is 1. The molecule has 1 aliphatic rings. The molecule has 0 atom stereocenters. The normalized spacial score (nSPS) is 14.7. The van der Waals surface area contributed by atoms with Crippen LogP contribution in [0.3, 0.4) is 0 Å². The third-order valence-corrected chi connectivity index (χ3v) is 5.53. The van der Waals surface area contributed by atoms with E-state index in [1.165, 1.54) is 16.8 Å². The summed E-state index contributed by atoms with van der Waals surface area (Å²) < 4.78 is 23.5. The third-order valence-electron chi connectivity index (χ3n) is 4.83. The molecule has 0 unspecified atom stereocenters. The summed E-state index contributed by atoms with van der Waals surface area (Å²) in [6, 6.07) is 6.49. The van der Waals surface area contributed by atoms with E-state index in [1.807, 2.05) is 0 Å². The van der Waals surface area contributed by atoms with Crippen molar-refractivity contribution in [2.24, 2.45) is 0 Å². The fourth-order valence-corrected chi connectivity index (χ4v) is 3.79. The first kappa shape index (κ1) is 21.9. The summed E-state index contributed by atoms with van der Waals surface area (Å²) in [6.07, 6.45) is 1.89. The van der Waals surface area contributed by atoms with Crippen LogP contribution in [0.2, 0.25) is 0 Å². The highest BCUT2D eigenvalue weighted by molar-refractivity contribution is 7.72. The van der Waals surface area contributed by atoms with Gasteiger partial charge in [0.25, 0.3) is 5.91 Å². The number of rotatable bonds is 9. The van der Waals surface area contributed by atoms with Gasteiger partial charge in [-0.25, -0.2) is 13.0 Å². The third kappa shape index (κ3) is 5.84. The number of hydrogen-bond donors (Lipinski definition) is 3. The molecular formula is C18H24N6O5S. The molecule has 2 N–H and O–H groups in total. The van der Waals surface area contributed by atoms with E-state index in [2.05, 4.69) is 20.5 Å². The number of aromatic nitrogens is 2. The van der Waals surface area contributed by atoms with E-state index in [4.69, 9.17) is 0 Å². The van der Waals surface area contributed by atoms with Gasteiger partial charge in [-0.1, -0.05) is 17.1 Å². The maximum absolute atomic E-state index is 12.4. The summed E-state index contributed by atoms with van der Waals surface area (Å²) in [6.45, 7) is 3.89. The molecule has 0 bridgehead atoms. The second-order valence-corrected chi connectivity index (χ2v) is 7.98. The molecule has 1 aromatic carbocycles. The number of nitrogens with zero attached hydrogens (tertiary/aromatic N) is 4. The predicted molar refractivity (Wildman–Crippen MR) is 109 cm³/mol. The summed E-state index contributed by atoms with van der Waals surface area (Å²) in [5.74, 6) is -0.731. The molecule has 30 heavy (non-hydrogen) atoms. The fraction of sp³-hybridized carbons (Fsp3) is 0.444. The van der Waals surface area contributed by atoms with Gasteiger partial charge in [0.15, 0.2) is 17.2 Å². The number of imidazole rings is 1. The molecule has 0 saturated carbocycles. The van der Waals surface area contributed by atoms with Crippen LogP contribution < -0.4 is 10.6 Å². The van der Waals surface area contributed by atoms with Crippen LogP contribution in [0.1, 0.15) is 11.3 Å². The number of piperazine rings is 1. The average molecular weight is 436 g/mol. The second kappa shape index (κ2) is 10.3. The van der Waals surface area contributed by atoms with Crippen LogP contribution in [0.4, 0.5) is 5.95 Å². The van der Waals surface area contributed by atoms with E-state index in [1.54, 1.807) is 18.2 Å². The van der Waals surface area contributed by atoms with Crippen LogP contribution in [-0.4, -0.2) is 66.4 Å². The summed E-state index contributed by atoms with van der Waals surface area (Å²) in [5.41, 5.74) is 1.39. The van der Waals surface area contributed by atoms with Crippen molar-refractivity contribution in [3.05, 3.63) is 51.8 Å². The Labute approximate surface area is 175 Å². The number of hydrogen-bond acceptors (Lipinski definition) is 8. The minimum atomic E-state index is -2.66. The van der Waals surface area contributed by atoms with Crippen molar-refractivity contribution in [2.45, 2.75) is 24.4 Å². The quantitative estimate of drug-likeness (QED) is 0.272. The Kier molecular flexibility index (Phi) is 7.49. The van der Waals surface area contributed by atoms with Crippen molar-refractivity contribution in [1.82, 2.24) is 25.1 Å². The summed E-state index contributed by atoms with van der Waals surface area (Å²) in [7, 11) is -2.66. The van der Waals surface area contributed by atoms with Gasteiger partial charge in [-0.15, -0.1) is 0 Å². The average Bonchev–Trinajstić information content (AvgIpc) is 3.11. The highest BCUT2D eigenvalue weighted by atomic mass is 32.2. The van der Waals surface area contributed by atoms with Crippen LogP contribution >= 0.6 is 0 Å². The van der Waals surface area contributed by atoms with Gasteiger partial charge >= 0.3 is 5.95 Å². The molecule has 3 rings (SSSR count). The molecule has 2 heterocycles. The molecule has 1 saturated heterocycles. The molecule has 1 aromatic heterocycles. The Hall–Kier alpha value is -2.83. The number of nitrogens with one attached hydrogen (secondary N) is 2. The Morgan fingerprint density at radius 3 is 2.77 bits per heavy atom. The highest BCUT2D eigenvalue weighted by Gasteiger charge is 2.24. The van der Waals surface area contributed by atoms with Crippen LogP contribution in [-0.2, 0) is 35.0 Å². The first-order valence-corrected chi connectivity index (χ1v) is 10.7. The molecular weight excluding hydrogens is 412 g/mol. The van der Waals surface area contributed by atoms with Crippen LogP contribution in [0.5, 0.6) is 0 Å². The van der Waals surface area contributed by atoms with Crippen LogP contribution in [0.25, 0.3) is 0 Å². The predicted octanol–water partition coefficient (Wildman–Crippen LogP) is -0.474. The van der Waals surface area contributed by atoms with Gasteiger partial charge in [-0.05, 0) is 29.0 Å². The smallest absolute Gasteiger partial charge is 0.390 e. The topological polar surface area (TPSA) is 139 Å². The first-order valence-electron chi connectivity index (χ1n) is 9.56. The zero-order valence-corrected chi connectivity index (χ0v) is 17.2. The van der Waals surface area contributed by atoms with E-state index >= 15 is 0 Å². The van der Waals surface area contributed by atoms with Gasteiger partial charge in [-0.2, -0.15) is 0 Å². The zero-order chi connectivity index (χ0) is 21.5. The zero-order valence-electron chi connectivity index (χ0n) is 16.3. The van der Waals surface area contributed by atoms with Crippen molar-refractivity contribution in [3.8, 4) is 0 Å². The van der Waals surface area contributed by atoms with Gasteiger partial charge < -0.3 is 20.7 Å². The molecule has 0 aliphatic carbocycles. The minimum absolute atomic E-state index is 0.204. The van der Waals surface area contributed by atoms with Crippen molar-refractivity contribution < 1.29 is 18.1 Å². The molecule has 162 valence electrons. The standard InChI is InChI=1S/C18H24N6O5S/c25-17(20-5-4-14-2-1-3-16(10-14)30(28)29)13-23-15(11-21-18(23)24(26)27)12-22-8-6-19-7-9-22/h1-3,10-11,19,30H,4-9,12-13H2,(H,20,25). The van der Waals surface area contributed by atoms with Crippen molar-refractivity contribution in [1.29, 1.82) is 0 Å². The van der Waals surface area contributed by atoms with Crippen LogP contribution in [0.15, 0.2) is 35.4 Å². The van der Waals surface area contributed by atoms with Crippen molar-refractivity contribution in [3.63, 3.8) is 0 Å². The SMILES string of the molecule is O=C(Cn1c(CN2CCNCC2)cnc1[N+](=O)[O-])NCCc1cccc([SH](=O)=O)c1. The Morgan fingerprint density at radius 2 is 2.07 bits per heavy atom. The monoisotopic (exact) mass is 436 g/mol. The summed E-state index contributed by atoms with van der Waals surface area (Å²) in [4.78, 5) is 29.4. The lowest BCUT2D eigenvalue weighted by molar-refractivity contribution is -0.396. The molecule has 0 radical (unpaired) electrons. The van der Waals surface area contributed by atoms with E-state index < -0.39 is 15.6 Å². The number of thiol groups is 1. The lowest BCUT2D eigenvalue weighted by Gasteiger charge is -2.26. The van der Waals surface area contributed by atoms with E-state index in [-0.39, 0.29) is 29.8 Å². The fourth-order valence-electron chi connectivity index (χ4n) is 3.31. The Morgan fingerprint density at radius 1 is 1.30 bits per heavy atom. The number of carbonyl (C=O) groups is 1. The number of benzene rings is 1. The van der Waals surface area contributed by atoms with Gasteiger partial charge in [0.05, 0.1) is 11.4 Å². The lowest BCUT2D eigenvalue weighted by atomic mass is 10.1. The van der Waals surface area contributed by atoms with Gasteiger partial charge in [-0.3, -0.25) is 9.69 Å². The lowest BCUT2D eigenvalue weighted by Crippen LogP contribution is -2.43. The summed E-state index contributed by atoms with van der Waals surface area (Å²) >= 11 is 0. The molecule has 1 fully saturated rings. The first-order chi connectivity index (χ1) is 14.4. The Bertz CT molecular complexity index is 975. The second-order valence-electron chi connectivity index (χ2n) is 6.95. The summed E-state index contributed by atoms with van der Waals surface area (Å²) in [5, 5.41) is 17.3. The van der Waals surface area contributed by atoms with Crippen molar-refractivity contribution >= 4 is 22.6 Å². The molecule has 1 aliphatic heterocycles. The highest BCUT2D eigenvalue weighted by Crippen LogP contribution is 2.15. The van der Waals surface area contributed by atoms with Gasteiger partial charge in [0, 0.05) is 32.7 Å². The van der Waals surface area contributed by atoms with Crippen molar-refractivity contribution in [2.75, 3.05) is 32.7 Å². The van der Waals surface area contributed by atoms with Gasteiger partial charge in [0.2, 0.25) is 0 Å². The molecule has 0 spiro atoms. The molecule has 2 aromatic rings. The van der Waals surface area contributed by atoms with E-state index in [0.29, 0.717) is 18.7 Å². The number of carbonyl (C=O) groups excluding carboxylic acids is 1. The maximum Gasteiger partial charge on any atom is 0.435 e. The van der Waals surface area contributed by atoms with Gasteiger partial charge in [0.1, 0.15) is 11.9 Å². The molecule has 1 amide bonds.